The van der Waals surface area contributed by atoms with Gasteiger partial charge in [0.2, 0.25) is 0 Å². The molecule has 0 spiro atoms. The molecule has 98 valence electrons. The summed E-state index contributed by atoms with van der Waals surface area (Å²) in [5.74, 6) is 0.447. The second kappa shape index (κ2) is 7.21. The molecule has 0 aliphatic carbocycles. The van der Waals surface area contributed by atoms with E-state index in [1.807, 2.05) is 25.1 Å². The van der Waals surface area contributed by atoms with E-state index in [0.29, 0.717) is 9.67 Å². The van der Waals surface area contributed by atoms with E-state index in [1.165, 1.54) is 0 Å². The first-order valence-electron chi connectivity index (χ1n) is 6.10. The van der Waals surface area contributed by atoms with E-state index in [4.69, 9.17) is 0 Å². The number of phenols is 1. The molecule has 1 aromatic rings. The minimum atomic E-state index is -1.31. The van der Waals surface area contributed by atoms with Gasteiger partial charge in [0.25, 0.3) is 0 Å². The summed E-state index contributed by atoms with van der Waals surface area (Å²) in [7, 11) is 0. The fraction of sp³-hybridized carbons (Fsp3) is 0.571. The van der Waals surface area contributed by atoms with Gasteiger partial charge in [0.1, 0.15) is 0 Å². The molecule has 2 unspecified atom stereocenters. The molecule has 0 amide bonds. The first-order valence-corrected chi connectivity index (χ1v) is 10.6. The van der Waals surface area contributed by atoms with Crippen LogP contribution in [0.2, 0.25) is 0 Å². The number of hydrogen-bond acceptors (Lipinski definition) is 2. The Kier molecular flexibility index (Phi) is 6.27. The number of aliphatic hydroxyl groups is 1. The normalized spacial score (nSPS) is 15.4. The number of halogens is 1. The molecule has 0 bridgehead atoms. The topological polar surface area (TPSA) is 40.5 Å². The van der Waals surface area contributed by atoms with Crippen LogP contribution in [0.25, 0.3) is 0 Å². The number of hydrogen-bond donors (Lipinski definition) is 2. The van der Waals surface area contributed by atoms with E-state index in [-0.39, 0.29) is 6.10 Å². The van der Waals surface area contributed by atoms with Crippen LogP contribution in [-0.4, -0.2) is 25.2 Å². The fourth-order valence-corrected chi connectivity index (χ4v) is 5.96. The number of rotatable bonds is 6. The summed E-state index contributed by atoms with van der Waals surface area (Å²) in [6.07, 6.45) is 2.62. The van der Waals surface area contributed by atoms with Crippen LogP contribution in [0.3, 0.4) is 0 Å². The molecule has 2 atom stereocenters. The zero-order valence-electron chi connectivity index (χ0n) is 10.9. The average Bonchev–Trinajstić information content (AvgIpc) is 2.35. The van der Waals surface area contributed by atoms with Gasteiger partial charge in [-0.2, -0.15) is 0 Å². The van der Waals surface area contributed by atoms with Gasteiger partial charge in [-0.3, -0.25) is 0 Å². The molecule has 1 aromatic carbocycles. The number of aromatic hydroxyl groups is 1. The van der Waals surface area contributed by atoms with Crippen molar-refractivity contribution >= 4 is 19.8 Å². The van der Waals surface area contributed by atoms with E-state index in [2.05, 4.69) is 11.9 Å². The van der Waals surface area contributed by atoms with Crippen molar-refractivity contribution in [2.45, 2.75) is 43.1 Å². The summed E-state index contributed by atoms with van der Waals surface area (Å²) >= 11 is -1.31. The molecule has 17 heavy (non-hydrogen) atoms. The van der Waals surface area contributed by atoms with Gasteiger partial charge in [0.05, 0.1) is 0 Å². The van der Waals surface area contributed by atoms with Crippen molar-refractivity contribution in [3.05, 3.63) is 27.8 Å². The number of aliphatic hydroxyl groups excluding tert-OH is 1. The molecule has 0 aromatic heterocycles. The summed E-state index contributed by atoms with van der Waals surface area (Å²) in [6, 6.07) is 7.69. The number of alkyl halides is 2. The predicted octanol–water partition coefficient (Wildman–Crippen LogP) is 3.64. The van der Waals surface area contributed by atoms with Crippen molar-refractivity contribution in [2.75, 3.05) is 4.93 Å². The quantitative estimate of drug-likeness (QED) is 0.608. The molecule has 0 heterocycles. The van der Waals surface area contributed by atoms with Gasteiger partial charge in [-0.15, -0.1) is 0 Å². The molecule has 2 N–H and O–H groups in total. The summed E-state index contributed by atoms with van der Waals surface area (Å²) < 4.78 is 1.78. The van der Waals surface area contributed by atoms with Crippen molar-refractivity contribution in [3.63, 3.8) is 0 Å². The Morgan fingerprint density at radius 2 is 1.88 bits per heavy atom. The van der Waals surface area contributed by atoms with Crippen LogP contribution in [-0.2, 0) is 0 Å². The molecule has 3 heteroatoms. The average molecular weight is 350 g/mol. The zero-order chi connectivity index (χ0) is 12.8. The maximum atomic E-state index is 9.84. The van der Waals surface area contributed by atoms with Crippen LogP contribution >= 0.6 is 19.8 Å². The Labute approximate surface area is 111 Å². The molecule has 0 aliphatic rings. The van der Waals surface area contributed by atoms with Crippen molar-refractivity contribution in [1.82, 2.24) is 0 Å². The Morgan fingerprint density at radius 1 is 1.24 bits per heavy atom. The molecule has 0 saturated heterocycles. The standard InChI is InChI=1S/C14H23IO2/c1-4-12(16)10-9-11(2)15(3)13-7-5-6-8-14(13)17/h5-8,11-12,16-17H,4,9-10H2,1-3H3. The third kappa shape index (κ3) is 4.47. The van der Waals surface area contributed by atoms with Crippen molar-refractivity contribution < 1.29 is 10.2 Å². The predicted molar refractivity (Wildman–Crippen MR) is 81.7 cm³/mol. The molecule has 0 fully saturated rings. The van der Waals surface area contributed by atoms with Gasteiger partial charge in [0, 0.05) is 0 Å². The number of para-hydroxylation sites is 1. The Hall–Kier alpha value is -0.290. The van der Waals surface area contributed by atoms with Crippen LogP contribution in [0.4, 0.5) is 0 Å². The molecule has 2 nitrogen and oxygen atoms in total. The van der Waals surface area contributed by atoms with Crippen LogP contribution in [0.15, 0.2) is 24.3 Å². The van der Waals surface area contributed by atoms with E-state index < -0.39 is 19.8 Å². The van der Waals surface area contributed by atoms with E-state index in [0.717, 1.165) is 22.8 Å². The minimum absolute atomic E-state index is 0.161. The Bertz CT molecular complexity index is 341. The van der Waals surface area contributed by atoms with Gasteiger partial charge in [-0.05, 0) is 0 Å². The van der Waals surface area contributed by atoms with Crippen molar-refractivity contribution in [3.8, 4) is 5.75 Å². The number of benzene rings is 1. The van der Waals surface area contributed by atoms with Crippen molar-refractivity contribution in [2.24, 2.45) is 0 Å². The van der Waals surface area contributed by atoms with Gasteiger partial charge in [-0.25, -0.2) is 0 Å². The fourth-order valence-electron chi connectivity index (χ4n) is 1.69. The van der Waals surface area contributed by atoms with Gasteiger partial charge < -0.3 is 0 Å². The maximum absolute atomic E-state index is 9.84. The second-order valence-electron chi connectivity index (χ2n) is 4.39. The number of phenolic OH excluding ortho intramolecular Hbond substituents is 1. The van der Waals surface area contributed by atoms with Crippen LogP contribution in [0.1, 0.15) is 33.1 Å². The second-order valence-corrected chi connectivity index (χ2v) is 10.6. The monoisotopic (exact) mass is 350 g/mol. The molecular weight excluding hydrogens is 327 g/mol. The Balaban J connectivity index is 2.58. The summed E-state index contributed by atoms with van der Waals surface area (Å²) in [4.78, 5) is 2.29. The molecular formula is C14H23IO2. The van der Waals surface area contributed by atoms with E-state index >= 15 is 0 Å². The first kappa shape index (κ1) is 14.8. The first-order chi connectivity index (χ1) is 8.06. The molecule has 0 aliphatic heterocycles. The summed E-state index contributed by atoms with van der Waals surface area (Å²) in [6.45, 7) is 4.26. The van der Waals surface area contributed by atoms with Gasteiger partial charge >= 0.3 is 112 Å². The third-order valence-electron chi connectivity index (χ3n) is 3.10. The van der Waals surface area contributed by atoms with Crippen molar-refractivity contribution in [1.29, 1.82) is 0 Å². The van der Waals surface area contributed by atoms with Gasteiger partial charge in [-0.1, -0.05) is 0 Å². The van der Waals surface area contributed by atoms with E-state index in [1.54, 1.807) is 6.07 Å². The third-order valence-corrected chi connectivity index (χ3v) is 9.66. The summed E-state index contributed by atoms with van der Waals surface area (Å²) in [5, 5.41) is 19.4. The van der Waals surface area contributed by atoms with Gasteiger partial charge in [0.15, 0.2) is 0 Å². The summed E-state index contributed by atoms with van der Waals surface area (Å²) in [5.41, 5.74) is 0. The Morgan fingerprint density at radius 3 is 2.47 bits per heavy atom. The van der Waals surface area contributed by atoms with E-state index in [9.17, 15) is 10.2 Å². The van der Waals surface area contributed by atoms with Crippen LogP contribution in [0, 0.1) is 3.57 Å². The van der Waals surface area contributed by atoms with Crippen LogP contribution in [0.5, 0.6) is 5.75 Å². The molecule has 1 rings (SSSR count). The van der Waals surface area contributed by atoms with Crippen LogP contribution < -0.4 is 0 Å². The zero-order valence-corrected chi connectivity index (χ0v) is 13.0. The SMILES string of the molecule is CCC(O)CCC(C)I(C)c1ccccc1O. The molecule has 0 radical (unpaired) electrons. The molecule has 0 saturated carbocycles.